The van der Waals surface area contributed by atoms with Gasteiger partial charge in [0.15, 0.2) is 0 Å². The largest absolute Gasteiger partial charge is 0.496 e. The molecule has 1 N–H and O–H groups in total. The van der Waals surface area contributed by atoms with Crippen LogP contribution in [0.15, 0.2) is 52.0 Å². The Hall–Kier alpha value is -2.14. The van der Waals surface area contributed by atoms with Crippen LogP contribution < -0.4 is 10.2 Å². The van der Waals surface area contributed by atoms with E-state index in [1.807, 2.05) is 37.3 Å². The van der Waals surface area contributed by atoms with Gasteiger partial charge in [0.25, 0.3) is 5.91 Å². The van der Waals surface area contributed by atoms with Crippen molar-refractivity contribution in [2.24, 2.45) is 5.10 Å². The third-order valence-corrected chi connectivity index (χ3v) is 3.37. The molecule has 2 rings (SSSR count). The Kier molecular flexibility index (Phi) is 5.11. The van der Waals surface area contributed by atoms with Gasteiger partial charge < -0.3 is 4.74 Å². The second-order valence-electron chi connectivity index (χ2n) is 4.45. The topological polar surface area (TPSA) is 50.7 Å². The lowest BCUT2D eigenvalue weighted by Crippen LogP contribution is -2.17. The van der Waals surface area contributed by atoms with Gasteiger partial charge in [0, 0.05) is 15.6 Å². The molecule has 0 unspecified atom stereocenters. The summed E-state index contributed by atoms with van der Waals surface area (Å²) >= 11 is 3.39. The Bertz CT molecular complexity index is 666. The highest BCUT2D eigenvalue weighted by atomic mass is 79.9. The lowest BCUT2D eigenvalue weighted by atomic mass is 10.1. The number of halogens is 1. The third kappa shape index (κ3) is 4.16. The summed E-state index contributed by atoms with van der Waals surface area (Å²) in [5.41, 5.74) is 4.95. The fourth-order valence-corrected chi connectivity index (χ4v) is 2.11. The average molecular weight is 347 g/mol. The molecule has 0 fully saturated rings. The molecule has 108 valence electrons. The van der Waals surface area contributed by atoms with Crippen LogP contribution in [-0.4, -0.2) is 19.2 Å². The SMILES string of the molecule is COc1ccc(Br)cc1/C=N/NC(=O)c1ccc(C)cc1. The van der Waals surface area contributed by atoms with Crippen LogP contribution in [-0.2, 0) is 0 Å². The van der Waals surface area contributed by atoms with Gasteiger partial charge >= 0.3 is 0 Å². The first kappa shape index (κ1) is 15.3. The number of ether oxygens (including phenoxy) is 1. The number of nitrogens with zero attached hydrogens (tertiary/aromatic N) is 1. The highest BCUT2D eigenvalue weighted by Crippen LogP contribution is 2.21. The summed E-state index contributed by atoms with van der Waals surface area (Å²) < 4.78 is 6.14. The van der Waals surface area contributed by atoms with Gasteiger partial charge in [0.05, 0.1) is 13.3 Å². The number of amides is 1. The number of hydrogen-bond acceptors (Lipinski definition) is 3. The molecule has 4 nitrogen and oxygen atoms in total. The van der Waals surface area contributed by atoms with Crippen LogP contribution in [0.2, 0.25) is 0 Å². The van der Waals surface area contributed by atoms with Gasteiger partial charge in [-0.3, -0.25) is 4.79 Å². The number of hydrogen-bond donors (Lipinski definition) is 1. The van der Waals surface area contributed by atoms with E-state index in [1.165, 1.54) is 0 Å². The smallest absolute Gasteiger partial charge is 0.271 e. The second-order valence-corrected chi connectivity index (χ2v) is 5.37. The molecule has 0 bridgehead atoms. The van der Waals surface area contributed by atoms with E-state index in [1.54, 1.807) is 25.5 Å². The van der Waals surface area contributed by atoms with Crippen molar-refractivity contribution in [2.45, 2.75) is 6.92 Å². The van der Waals surface area contributed by atoms with Crippen molar-refractivity contribution < 1.29 is 9.53 Å². The van der Waals surface area contributed by atoms with Crippen molar-refractivity contribution >= 4 is 28.1 Å². The van der Waals surface area contributed by atoms with Gasteiger partial charge in [-0.05, 0) is 37.3 Å². The molecule has 0 aliphatic heterocycles. The average Bonchev–Trinajstić information content (AvgIpc) is 2.48. The van der Waals surface area contributed by atoms with Gasteiger partial charge in [0.1, 0.15) is 5.75 Å². The third-order valence-electron chi connectivity index (χ3n) is 2.88. The van der Waals surface area contributed by atoms with Crippen LogP contribution in [0.5, 0.6) is 5.75 Å². The first-order valence-corrected chi connectivity index (χ1v) is 7.13. The van der Waals surface area contributed by atoms with Crippen LogP contribution in [0.1, 0.15) is 21.5 Å². The summed E-state index contributed by atoms with van der Waals surface area (Å²) in [5, 5.41) is 3.96. The van der Waals surface area contributed by atoms with Gasteiger partial charge in [-0.1, -0.05) is 33.6 Å². The van der Waals surface area contributed by atoms with Crippen molar-refractivity contribution in [3.05, 3.63) is 63.6 Å². The minimum Gasteiger partial charge on any atom is -0.496 e. The van der Waals surface area contributed by atoms with Gasteiger partial charge in [-0.25, -0.2) is 5.43 Å². The molecule has 0 radical (unpaired) electrons. The number of methoxy groups -OCH3 is 1. The Morgan fingerprint density at radius 3 is 2.62 bits per heavy atom. The lowest BCUT2D eigenvalue weighted by molar-refractivity contribution is 0.0955. The monoisotopic (exact) mass is 346 g/mol. The van der Waals surface area contributed by atoms with E-state index >= 15 is 0 Å². The van der Waals surface area contributed by atoms with Crippen molar-refractivity contribution in [1.29, 1.82) is 0 Å². The Labute approximate surface area is 132 Å². The van der Waals surface area contributed by atoms with E-state index < -0.39 is 0 Å². The van der Waals surface area contributed by atoms with E-state index in [0.717, 1.165) is 15.6 Å². The van der Waals surface area contributed by atoms with Crippen LogP contribution >= 0.6 is 15.9 Å². The number of nitrogens with one attached hydrogen (secondary N) is 1. The quantitative estimate of drug-likeness (QED) is 0.680. The normalized spacial score (nSPS) is 10.6. The maximum atomic E-state index is 11.9. The number of rotatable bonds is 4. The number of hydrazone groups is 1. The van der Waals surface area contributed by atoms with E-state index in [9.17, 15) is 4.79 Å². The Morgan fingerprint density at radius 1 is 1.24 bits per heavy atom. The minimum atomic E-state index is -0.250. The van der Waals surface area contributed by atoms with Crippen LogP contribution in [0.3, 0.4) is 0 Å². The van der Waals surface area contributed by atoms with E-state index in [4.69, 9.17) is 4.74 Å². The first-order valence-electron chi connectivity index (χ1n) is 6.34. The fourth-order valence-electron chi connectivity index (χ4n) is 1.74. The van der Waals surface area contributed by atoms with Gasteiger partial charge in [-0.15, -0.1) is 0 Å². The molecule has 2 aromatic rings. The zero-order valence-corrected chi connectivity index (χ0v) is 13.3. The van der Waals surface area contributed by atoms with Crippen molar-refractivity contribution in [3.8, 4) is 5.75 Å². The molecule has 0 atom stereocenters. The van der Waals surface area contributed by atoms with Crippen molar-refractivity contribution in [3.63, 3.8) is 0 Å². The molecule has 5 heteroatoms. The molecule has 0 spiro atoms. The summed E-state index contributed by atoms with van der Waals surface area (Å²) in [4.78, 5) is 11.9. The van der Waals surface area contributed by atoms with Gasteiger partial charge in [-0.2, -0.15) is 5.10 Å². The number of aryl methyl sites for hydroxylation is 1. The second kappa shape index (κ2) is 7.04. The number of carbonyl (C=O) groups is 1. The molecule has 0 heterocycles. The summed E-state index contributed by atoms with van der Waals surface area (Å²) in [6.45, 7) is 1.97. The van der Waals surface area contributed by atoms with Crippen molar-refractivity contribution in [1.82, 2.24) is 5.43 Å². The molecule has 2 aromatic carbocycles. The van der Waals surface area contributed by atoms with E-state index in [0.29, 0.717) is 11.3 Å². The Balaban J connectivity index is 2.07. The molecule has 21 heavy (non-hydrogen) atoms. The number of carbonyl (C=O) groups excluding carboxylic acids is 1. The van der Waals surface area contributed by atoms with Crippen molar-refractivity contribution in [2.75, 3.05) is 7.11 Å². The summed E-state index contributed by atoms with van der Waals surface area (Å²) in [6, 6.07) is 12.9. The highest BCUT2D eigenvalue weighted by molar-refractivity contribution is 9.10. The summed E-state index contributed by atoms with van der Waals surface area (Å²) in [6.07, 6.45) is 1.55. The predicted octanol–water partition coefficient (Wildman–Crippen LogP) is 3.53. The molecule has 0 aliphatic carbocycles. The van der Waals surface area contributed by atoms with Crippen LogP contribution in [0.4, 0.5) is 0 Å². The first-order chi connectivity index (χ1) is 10.1. The molecule has 0 saturated carbocycles. The maximum absolute atomic E-state index is 11.9. The van der Waals surface area contributed by atoms with Crippen LogP contribution in [0.25, 0.3) is 0 Å². The zero-order chi connectivity index (χ0) is 15.2. The lowest BCUT2D eigenvalue weighted by Gasteiger charge is -2.04. The molecule has 1 amide bonds. The standard InChI is InChI=1S/C16H15BrN2O2/c1-11-3-5-12(6-4-11)16(20)19-18-10-13-9-14(17)7-8-15(13)21-2/h3-10H,1-2H3,(H,19,20)/b18-10+. The molecule has 0 saturated heterocycles. The number of benzene rings is 2. The molecule has 0 aliphatic rings. The maximum Gasteiger partial charge on any atom is 0.271 e. The Morgan fingerprint density at radius 2 is 1.95 bits per heavy atom. The minimum absolute atomic E-state index is 0.250. The highest BCUT2D eigenvalue weighted by Gasteiger charge is 2.04. The zero-order valence-electron chi connectivity index (χ0n) is 11.8. The van der Waals surface area contributed by atoms with E-state index in [-0.39, 0.29) is 5.91 Å². The summed E-state index contributed by atoms with van der Waals surface area (Å²) in [7, 11) is 1.59. The van der Waals surface area contributed by atoms with Crippen LogP contribution in [0, 0.1) is 6.92 Å². The van der Waals surface area contributed by atoms with Gasteiger partial charge in [0.2, 0.25) is 0 Å². The molecular formula is C16H15BrN2O2. The predicted molar refractivity (Wildman–Crippen MR) is 86.9 cm³/mol. The fraction of sp³-hybridized carbons (Fsp3) is 0.125. The summed E-state index contributed by atoms with van der Waals surface area (Å²) in [5.74, 6) is 0.437. The molecular weight excluding hydrogens is 332 g/mol. The van der Waals surface area contributed by atoms with E-state index in [2.05, 4.69) is 26.5 Å². The molecule has 0 aromatic heterocycles.